The van der Waals surface area contributed by atoms with E-state index in [1.807, 2.05) is 24.3 Å². The van der Waals surface area contributed by atoms with Crippen molar-refractivity contribution in [2.24, 2.45) is 5.92 Å². The Morgan fingerprint density at radius 2 is 2.12 bits per heavy atom. The Morgan fingerprint density at radius 1 is 1.41 bits per heavy atom. The summed E-state index contributed by atoms with van der Waals surface area (Å²) in [4.78, 5) is 12.0. The van der Waals surface area contributed by atoms with Gasteiger partial charge in [0.25, 0.3) is 5.91 Å². The molecule has 0 heterocycles. The molecule has 1 aliphatic rings. The highest BCUT2D eigenvalue weighted by atomic mass is 16.3. The summed E-state index contributed by atoms with van der Waals surface area (Å²) in [6.45, 7) is 2.72. The number of benzene rings is 1. The van der Waals surface area contributed by atoms with Crippen LogP contribution < -0.4 is 5.32 Å². The normalized spacial score (nSPS) is 22.9. The van der Waals surface area contributed by atoms with Crippen molar-refractivity contribution in [3.05, 3.63) is 35.4 Å². The number of carbonyl (C=O) groups excluding carboxylic acids is 1. The molecule has 92 valence electrons. The Kier molecular flexibility index (Phi) is 3.79. The first kappa shape index (κ1) is 12.1. The Labute approximate surface area is 102 Å². The largest absolute Gasteiger partial charge is 0.393 e. The highest BCUT2D eigenvalue weighted by Crippen LogP contribution is 2.26. The fourth-order valence-electron chi connectivity index (χ4n) is 2.25. The molecule has 0 unspecified atom stereocenters. The van der Waals surface area contributed by atoms with Gasteiger partial charge in [-0.15, -0.1) is 0 Å². The van der Waals surface area contributed by atoms with Crippen LogP contribution >= 0.6 is 0 Å². The van der Waals surface area contributed by atoms with Crippen LogP contribution in [0, 0.1) is 5.92 Å². The predicted molar refractivity (Wildman–Crippen MR) is 66.9 cm³/mol. The summed E-state index contributed by atoms with van der Waals surface area (Å²) in [5.41, 5.74) is 1.86. The lowest BCUT2D eigenvalue weighted by Gasteiger charge is -2.31. The van der Waals surface area contributed by atoms with Crippen LogP contribution in [0.4, 0.5) is 0 Å². The molecule has 1 aliphatic carbocycles. The Hall–Kier alpha value is -1.35. The van der Waals surface area contributed by atoms with E-state index in [-0.39, 0.29) is 12.0 Å². The zero-order valence-electron chi connectivity index (χ0n) is 10.1. The van der Waals surface area contributed by atoms with Gasteiger partial charge in [0.15, 0.2) is 0 Å². The van der Waals surface area contributed by atoms with Gasteiger partial charge in [0.05, 0.1) is 6.10 Å². The quantitative estimate of drug-likeness (QED) is 0.832. The summed E-state index contributed by atoms with van der Waals surface area (Å²) in [7, 11) is 0. The smallest absolute Gasteiger partial charge is 0.251 e. The van der Waals surface area contributed by atoms with Crippen molar-refractivity contribution in [1.82, 2.24) is 5.32 Å². The highest BCUT2D eigenvalue weighted by molar-refractivity contribution is 5.95. The number of carbonyl (C=O) groups is 1. The van der Waals surface area contributed by atoms with Crippen LogP contribution in [-0.4, -0.2) is 23.7 Å². The van der Waals surface area contributed by atoms with Gasteiger partial charge in [-0.05, 0) is 36.8 Å². The minimum absolute atomic E-state index is 0.00356. The topological polar surface area (TPSA) is 49.3 Å². The van der Waals surface area contributed by atoms with Gasteiger partial charge >= 0.3 is 0 Å². The Morgan fingerprint density at radius 3 is 2.76 bits per heavy atom. The molecule has 1 fully saturated rings. The van der Waals surface area contributed by atoms with Crippen molar-refractivity contribution in [3.8, 4) is 0 Å². The van der Waals surface area contributed by atoms with E-state index < -0.39 is 0 Å². The zero-order valence-corrected chi connectivity index (χ0v) is 10.1. The van der Waals surface area contributed by atoms with Gasteiger partial charge in [-0.3, -0.25) is 4.79 Å². The van der Waals surface area contributed by atoms with Gasteiger partial charge in [0.1, 0.15) is 0 Å². The van der Waals surface area contributed by atoms with E-state index >= 15 is 0 Å². The highest BCUT2D eigenvalue weighted by Gasteiger charge is 2.27. The number of nitrogens with one attached hydrogen (secondary N) is 1. The lowest BCUT2D eigenvalue weighted by Crippen LogP contribution is -2.38. The van der Waals surface area contributed by atoms with Crippen molar-refractivity contribution < 1.29 is 9.90 Å². The molecular formula is C14H19NO2. The number of hydrogen-bond donors (Lipinski definition) is 2. The molecule has 1 amide bonds. The molecule has 0 radical (unpaired) electrons. The maximum absolute atomic E-state index is 12.0. The van der Waals surface area contributed by atoms with E-state index in [0.29, 0.717) is 12.5 Å². The van der Waals surface area contributed by atoms with E-state index in [1.165, 1.54) is 0 Å². The lowest BCUT2D eigenvalue weighted by molar-refractivity contribution is 0.0420. The van der Waals surface area contributed by atoms with Gasteiger partial charge in [-0.25, -0.2) is 0 Å². The molecule has 0 bridgehead atoms. The minimum Gasteiger partial charge on any atom is -0.393 e. The van der Waals surface area contributed by atoms with Gasteiger partial charge in [-0.1, -0.05) is 25.1 Å². The van der Waals surface area contributed by atoms with Crippen molar-refractivity contribution in [2.45, 2.75) is 32.3 Å². The number of amides is 1. The molecular weight excluding hydrogens is 214 g/mol. The number of aliphatic hydroxyl groups excluding tert-OH is 1. The summed E-state index contributed by atoms with van der Waals surface area (Å²) in [6.07, 6.45) is 2.34. The van der Waals surface area contributed by atoms with Crippen LogP contribution in [0.3, 0.4) is 0 Å². The third kappa shape index (κ3) is 2.86. The van der Waals surface area contributed by atoms with Crippen molar-refractivity contribution in [2.75, 3.05) is 6.54 Å². The number of hydrogen-bond acceptors (Lipinski definition) is 2. The van der Waals surface area contributed by atoms with E-state index in [1.54, 1.807) is 0 Å². The van der Waals surface area contributed by atoms with Gasteiger partial charge in [0.2, 0.25) is 0 Å². The predicted octanol–water partition coefficient (Wildman–Crippen LogP) is 1.75. The maximum Gasteiger partial charge on any atom is 0.251 e. The molecule has 2 N–H and O–H groups in total. The van der Waals surface area contributed by atoms with Crippen molar-refractivity contribution in [3.63, 3.8) is 0 Å². The molecule has 0 aromatic heterocycles. The first-order chi connectivity index (χ1) is 8.20. The van der Waals surface area contributed by atoms with E-state index in [0.717, 1.165) is 30.4 Å². The lowest BCUT2D eigenvalue weighted by atomic mass is 9.82. The number of rotatable bonds is 4. The van der Waals surface area contributed by atoms with E-state index in [4.69, 9.17) is 0 Å². The van der Waals surface area contributed by atoms with E-state index in [2.05, 4.69) is 12.2 Å². The average Bonchev–Trinajstić information content (AvgIpc) is 2.32. The van der Waals surface area contributed by atoms with Gasteiger partial charge in [0, 0.05) is 12.1 Å². The SMILES string of the molecule is CCc1ccccc1C(=O)NCC1CC(O)C1. The molecule has 0 aliphatic heterocycles. The summed E-state index contributed by atoms with van der Waals surface area (Å²) in [5.74, 6) is 0.451. The van der Waals surface area contributed by atoms with Gasteiger partial charge in [-0.2, -0.15) is 0 Å². The first-order valence-corrected chi connectivity index (χ1v) is 6.25. The Balaban J connectivity index is 1.90. The summed E-state index contributed by atoms with van der Waals surface area (Å²) in [6, 6.07) is 7.70. The second-order valence-electron chi connectivity index (χ2n) is 4.71. The summed E-state index contributed by atoms with van der Waals surface area (Å²) >= 11 is 0. The molecule has 3 nitrogen and oxygen atoms in total. The molecule has 0 atom stereocenters. The standard InChI is InChI=1S/C14H19NO2/c1-2-11-5-3-4-6-13(11)14(17)15-9-10-7-12(16)8-10/h3-6,10,12,16H,2,7-9H2,1H3,(H,15,17). The second kappa shape index (κ2) is 5.32. The summed E-state index contributed by atoms with van der Waals surface area (Å²) in [5, 5.41) is 12.1. The fraction of sp³-hybridized carbons (Fsp3) is 0.500. The van der Waals surface area contributed by atoms with Crippen molar-refractivity contribution in [1.29, 1.82) is 0 Å². The first-order valence-electron chi connectivity index (χ1n) is 6.25. The van der Waals surface area contributed by atoms with Crippen LogP contribution in [0.25, 0.3) is 0 Å². The molecule has 0 spiro atoms. The third-order valence-electron chi connectivity index (χ3n) is 3.41. The van der Waals surface area contributed by atoms with Crippen LogP contribution in [-0.2, 0) is 6.42 Å². The molecule has 2 rings (SSSR count). The molecule has 1 aromatic rings. The molecule has 17 heavy (non-hydrogen) atoms. The monoisotopic (exact) mass is 233 g/mol. The van der Waals surface area contributed by atoms with Crippen LogP contribution in [0.15, 0.2) is 24.3 Å². The molecule has 1 aromatic carbocycles. The van der Waals surface area contributed by atoms with Crippen LogP contribution in [0.5, 0.6) is 0 Å². The fourth-order valence-corrected chi connectivity index (χ4v) is 2.25. The van der Waals surface area contributed by atoms with Crippen LogP contribution in [0.2, 0.25) is 0 Å². The number of aryl methyl sites for hydroxylation is 1. The zero-order chi connectivity index (χ0) is 12.3. The van der Waals surface area contributed by atoms with E-state index in [9.17, 15) is 9.90 Å². The Bertz CT molecular complexity index is 397. The average molecular weight is 233 g/mol. The third-order valence-corrected chi connectivity index (χ3v) is 3.41. The second-order valence-corrected chi connectivity index (χ2v) is 4.71. The molecule has 3 heteroatoms. The van der Waals surface area contributed by atoms with Crippen molar-refractivity contribution >= 4 is 5.91 Å². The van der Waals surface area contributed by atoms with Gasteiger partial charge < -0.3 is 10.4 Å². The van der Waals surface area contributed by atoms with Crippen LogP contribution in [0.1, 0.15) is 35.7 Å². The molecule has 1 saturated carbocycles. The minimum atomic E-state index is -0.153. The molecule has 0 saturated heterocycles. The number of aliphatic hydroxyl groups is 1. The maximum atomic E-state index is 12.0. The summed E-state index contributed by atoms with van der Waals surface area (Å²) < 4.78 is 0.